The second-order valence-electron chi connectivity index (χ2n) is 5.98. The summed E-state index contributed by atoms with van der Waals surface area (Å²) in [6.45, 7) is 6.90. The number of nitrogens with zero attached hydrogens (tertiary/aromatic N) is 2. The molecule has 1 aromatic heterocycles. The molecule has 0 amide bonds. The van der Waals surface area contributed by atoms with E-state index in [1.165, 1.54) is 11.1 Å². The largest absolute Gasteiger partial charge is 0.380 e. The Kier molecular flexibility index (Phi) is 5.99. The van der Waals surface area contributed by atoms with Gasteiger partial charge < -0.3 is 5.32 Å². The Balaban J connectivity index is 2.05. The van der Waals surface area contributed by atoms with Gasteiger partial charge in [0, 0.05) is 17.8 Å². The van der Waals surface area contributed by atoms with Gasteiger partial charge in [-0.25, -0.2) is 4.68 Å². The van der Waals surface area contributed by atoms with Crippen molar-refractivity contribution in [2.75, 3.05) is 11.1 Å². The minimum Gasteiger partial charge on any atom is -0.380 e. The van der Waals surface area contributed by atoms with Crippen LogP contribution >= 0.6 is 23.4 Å². The van der Waals surface area contributed by atoms with Crippen LogP contribution in [-0.2, 0) is 6.54 Å². The monoisotopic (exact) mass is 329 g/mol. The van der Waals surface area contributed by atoms with Crippen LogP contribution in [0.5, 0.6) is 0 Å². The number of halogens is 1. The third-order valence-electron chi connectivity index (χ3n) is 3.67. The molecule has 2 atom stereocenters. The summed E-state index contributed by atoms with van der Waals surface area (Å²) >= 11 is 8.23. The molecular weight excluding hydrogens is 306 g/mol. The van der Waals surface area contributed by atoms with Gasteiger partial charge in [0.25, 0.3) is 5.56 Å². The minimum absolute atomic E-state index is 0.201. The molecule has 0 radical (unpaired) electrons. The van der Waals surface area contributed by atoms with E-state index in [1.807, 2.05) is 11.8 Å². The number of aromatic nitrogens is 2. The van der Waals surface area contributed by atoms with Crippen molar-refractivity contribution in [1.29, 1.82) is 0 Å². The van der Waals surface area contributed by atoms with Gasteiger partial charge in [-0.2, -0.15) is 16.9 Å². The van der Waals surface area contributed by atoms with Crippen molar-refractivity contribution in [2.24, 2.45) is 5.92 Å². The highest BCUT2D eigenvalue weighted by Crippen LogP contribution is 2.32. The Morgan fingerprint density at radius 3 is 2.95 bits per heavy atom. The van der Waals surface area contributed by atoms with Crippen LogP contribution in [0, 0.1) is 5.92 Å². The summed E-state index contributed by atoms with van der Waals surface area (Å²) in [6.07, 6.45) is 5.17. The van der Waals surface area contributed by atoms with Gasteiger partial charge in [0.05, 0.1) is 11.9 Å². The molecule has 1 aliphatic rings. The fourth-order valence-electron chi connectivity index (χ4n) is 2.72. The third-order valence-corrected chi connectivity index (χ3v) is 5.27. The predicted octanol–water partition coefficient (Wildman–Crippen LogP) is 3.64. The summed E-state index contributed by atoms with van der Waals surface area (Å²) in [5.74, 6) is 1.53. The molecule has 1 saturated carbocycles. The first-order chi connectivity index (χ1) is 10.0. The molecule has 118 valence electrons. The number of nitrogens with one attached hydrogen (secondary N) is 1. The Morgan fingerprint density at radius 1 is 1.52 bits per heavy atom. The van der Waals surface area contributed by atoms with E-state index in [0.717, 1.165) is 23.8 Å². The van der Waals surface area contributed by atoms with Gasteiger partial charge in [-0.3, -0.25) is 4.79 Å². The van der Waals surface area contributed by atoms with Crippen LogP contribution in [0.1, 0.15) is 40.0 Å². The third kappa shape index (κ3) is 4.39. The van der Waals surface area contributed by atoms with E-state index < -0.39 is 0 Å². The molecule has 2 rings (SSSR count). The summed E-state index contributed by atoms with van der Waals surface area (Å²) in [5.41, 5.74) is 0.474. The zero-order chi connectivity index (χ0) is 15.4. The van der Waals surface area contributed by atoms with Gasteiger partial charge in [0.2, 0.25) is 0 Å². The van der Waals surface area contributed by atoms with Gasteiger partial charge in [-0.05, 0) is 30.9 Å². The van der Waals surface area contributed by atoms with E-state index in [9.17, 15) is 4.79 Å². The first kappa shape index (κ1) is 16.7. The summed E-state index contributed by atoms with van der Waals surface area (Å²) in [4.78, 5) is 12.2. The molecule has 2 unspecified atom stereocenters. The topological polar surface area (TPSA) is 46.9 Å². The minimum atomic E-state index is -0.201. The molecule has 1 fully saturated rings. The SMILES string of the molecule is CCSC1CCC(Nc2cnn(CC(C)C)c(=O)c2Cl)C1. The molecule has 0 spiro atoms. The van der Waals surface area contributed by atoms with Crippen molar-refractivity contribution in [3.63, 3.8) is 0 Å². The number of hydrogen-bond acceptors (Lipinski definition) is 4. The van der Waals surface area contributed by atoms with Crippen LogP contribution in [0.3, 0.4) is 0 Å². The lowest BCUT2D eigenvalue weighted by molar-refractivity contribution is 0.464. The molecule has 1 heterocycles. The lowest BCUT2D eigenvalue weighted by Gasteiger charge is -2.16. The molecule has 0 saturated heterocycles. The highest BCUT2D eigenvalue weighted by atomic mass is 35.5. The fraction of sp³-hybridized carbons (Fsp3) is 0.733. The molecule has 1 N–H and O–H groups in total. The van der Waals surface area contributed by atoms with Gasteiger partial charge in [0.1, 0.15) is 5.02 Å². The highest BCUT2D eigenvalue weighted by Gasteiger charge is 2.25. The van der Waals surface area contributed by atoms with Crippen molar-refractivity contribution in [2.45, 2.75) is 57.9 Å². The van der Waals surface area contributed by atoms with Crippen molar-refractivity contribution >= 4 is 29.1 Å². The van der Waals surface area contributed by atoms with E-state index in [1.54, 1.807) is 6.20 Å². The van der Waals surface area contributed by atoms with Crippen LogP contribution in [0.4, 0.5) is 5.69 Å². The van der Waals surface area contributed by atoms with Gasteiger partial charge in [-0.15, -0.1) is 0 Å². The van der Waals surface area contributed by atoms with Crippen LogP contribution in [0.15, 0.2) is 11.0 Å². The smallest absolute Gasteiger partial charge is 0.287 e. The van der Waals surface area contributed by atoms with E-state index >= 15 is 0 Å². The number of anilines is 1. The Hall–Kier alpha value is -0.680. The number of rotatable bonds is 6. The molecule has 0 aromatic carbocycles. The summed E-state index contributed by atoms with van der Waals surface area (Å²) in [6, 6.07) is 0.397. The Morgan fingerprint density at radius 2 is 2.29 bits per heavy atom. The van der Waals surface area contributed by atoms with Crippen molar-refractivity contribution in [3.8, 4) is 0 Å². The van der Waals surface area contributed by atoms with Crippen molar-refractivity contribution < 1.29 is 0 Å². The first-order valence-corrected chi connectivity index (χ1v) is 9.07. The number of thioether (sulfide) groups is 1. The molecule has 0 bridgehead atoms. The molecule has 6 heteroatoms. The summed E-state index contributed by atoms with van der Waals surface area (Å²) < 4.78 is 1.45. The number of hydrogen-bond donors (Lipinski definition) is 1. The van der Waals surface area contributed by atoms with E-state index in [-0.39, 0.29) is 10.6 Å². The highest BCUT2D eigenvalue weighted by molar-refractivity contribution is 7.99. The lowest BCUT2D eigenvalue weighted by Crippen LogP contribution is -2.27. The van der Waals surface area contributed by atoms with Crippen LogP contribution in [-0.4, -0.2) is 26.8 Å². The van der Waals surface area contributed by atoms with E-state index in [2.05, 4.69) is 31.2 Å². The normalized spacial score (nSPS) is 22.0. The Bertz CT molecular complexity index is 532. The molecule has 0 aliphatic heterocycles. The predicted molar refractivity (Wildman–Crippen MR) is 91.5 cm³/mol. The van der Waals surface area contributed by atoms with E-state index in [4.69, 9.17) is 11.6 Å². The molecule has 1 aliphatic carbocycles. The quantitative estimate of drug-likeness (QED) is 0.865. The van der Waals surface area contributed by atoms with Gasteiger partial charge in [0.15, 0.2) is 0 Å². The first-order valence-electron chi connectivity index (χ1n) is 7.65. The average molecular weight is 330 g/mol. The van der Waals surface area contributed by atoms with Crippen molar-refractivity contribution in [1.82, 2.24) is 9.78 Å². The molecule has 21 heavy (non-hydrogen) atoms. The zero-order valence-corrected chi connectivity index (χ0v) is 14.5. The summed E-state index contributed by atoms with van der Waals surface area (Å²) in [5, 5.41) is 8.61. The summed E-state index contributed by atoms with van der Waals surface area (Å²) in [7, 11) is 0. The molecule has 1 aromatic rings. The average Bonchev–Trinajstić information content (AvgIpc) is 2.86. The van der Waals surface area contributed by atoms with Gasteiger partial charge in [-0.1, -0.05) is 32.4 Å². The molecule has 4 nitrogen and oxygen atoms in total. The maximum atomic E-state index is 12.2. The van der Waals surface area contributed by atoms with Crippen LogP contribution in [0.25, 0.3) is 0 Å². The second-order valence-corrected chi connectivity index (χ2v) is 7.94. The second kappa shape index (κ2) is 7.54. The van der Waals surface area contributed by atoms with Crippen LogP contribution in [0.2, 0.25) is 5.02 Å². The maximum Gasteiger partial charge on any atom is 0.287 e. The van der Waals surface area contributed by atoms with E-state index in [0.29, 0.717) is 24.2 Å². The van der Waals surface area contributed by atoms with Crippen LogP contribution < -0.4 is 10.9 Å². The van der Waals surface area contributed by atoms with Crippen molar-refractivity contribution in [3.05, 3.63) is 21.6 Å². The van der Waals surface area contributed by atoms with Gasteiger partial charge >= 0.3 is 0 Å². The standard InChI is InChI=1S/C15H24ClN3OS/c1-4-21-12-6-5-11(7-12)18-13-8-17-19(9-10(2)3)15(20)14(13)16/h8,10-12,18H,4-7,9H2,1-3H3. The lowest BCUT2D eigenvalue weighted by atomic mass is 10.2. The Labute approximate surface area is 135 Å². The molecular formula is C15H24ClN3OS. The zero-order valence-electron chi connectivity index (χ0n) is 12.9. The maximum absolute atomic E-state index is 12.2. The fourth-order valence-corrected chi connectivity index (χ4v) is 4.06.